The van der Waals surface area contributed by atoms with Crippen molar-refractivity contribution in [2.45, 2.75) is 20.8 Å². The van der Waals surface area contributed by atoms with Gasteiger partial charge in [0.1, 0.15) is 18.1 Å². The van der Waals surface area contributed by atoms with Crippen molar-refractivity contribution in [3.63, 3.8) is 0 Å². The van der Waals surface area contributed by atoms with E-state index in [-0.39, 0.29) is 5.41 Å². The lowest BCUT2D eigenvalue weighted by Crippen LogP contribution is -2.32. The zero-order chi connectivity index (χ0) is 13.6. The molecule has 19 heavy (non-hydrogen) atoms. The topological polar surface area (TPSA) is 18.5 Å². The first-order valence-electron chi connectivity index (χ1n) is 6.45. The van der Waals surface area contributed by atoms with Crippen molar-refractivity contribution in [1.82, 2.24) is 0 Å². The number of fused-ring (bicyclic) bond motifs is 3. The SMILES string of the molecule is COc1ccc2sc3c(c2c1)=CCOC=3C(C)(C)C. The van der Waals surface area contributed by atoms with Crippen LogP contribution in [0.2, 0.25) is 0 Å². The van der Waals surface area contributed by atoms with Gasteiger partial charge < -0.3 is 9.47 Å². The van der Waals surface area contributed by atoms with Crippen LogP contribution >= 0.6 is 11.3 Å². The average molecular weight is 274 g/mol. The minimum Gasteiger partial charge on any atom is -0.497 e. The molecule has 0 fully saturated rings. The van der Waals surface area contributed by atoms with E-state index >= 15 is 0 Å². The van der Waals surface area contributed by atoms with E-state index in [2.05, 4.69) is 39.0 Å². The molecule has 0 atom stereocenters. The highest BCUT2D eigenvalue weighted by Gasteiger charge is 2.23. The smallest absolute Gasteiger partial charge is 0.120 e. The van der Waals surface area contributed by atoms with E-state index in [0.29, 0.717) is 6.61 Å². The largest absolute Gasteiger partial charge is 0.497 e. The molecule has 100 valence electrons. The number of methoxy groups -OCH3 is 1. The highest BCUT2D eigenvalue weighted by Crippen LogP contribution is 2.29. The van der Waals surface area contributed by atoms with E-state index in [1.54, 1.807) is 18.4 Å². The van der Waals surface area contributed by atoms with E-state index in [1.807, 2.05) is 6.07 Å². The highest BCUT2D eigenvalue weighted by molar-refractivity contribution is 7.17. The van der Waals surface area contributed by atoms with Crippen LogP contribution < -0.4 is 14.5 Å². The summed E-state index contributed by atoms with van der Waals surface area (Å²) in [6, 6.07) is 6.26. The maximum atomic E-state index is 5.90. The standard InChI is InChI=1S/C16H18O2S/c1-16(2,3)15-14-11(7-8-18-15)12-9-10(17-4)5-6-13(12)19-14/h5-7,9H,8H2,1-4H3. The Balaban J connectivity index is 2.43. The predicted octanol–water partition coefficient (Wildman–Crippen LogP) is 2.87. The Morgan fingerprint density at radius 1 is 1.26 bits per heavy atom. The first kappa shape index (κ1) is 12.5. The minimum absolute atomic E-state index is 0.0357. The molecule has 0 spiro atoms. The zero-order valence-corrected chi connectivity index (χ0v) is 12.6. The highest BCUT2D eigenvalue weighted by atomic mass is 32.1. The average Bonchev–Trinajstić information content (AvgIpc) is 2.74. The van der Waals surface area contributed by atoms with Crippen LogP contribution in [0.1, 0.15) is 20.8 Å². The maximum Gasteiger partial charge on any atom is 0.120 e. The number of hydrogen-bond acceptors (Lipinski definition) is 3. The summed E-state index contributed by atoms with van der Waals surface area (Å²) in [5.41, 5.74) is 0.0357. The molecular formula is C16H18O2S. The molecule has 0 radical (unpaired) electrons. The summed E-state index contributed by atoms with van der Waals surface area (Å²) in [5, 5.41) is 2.57. The van der Waals surface area contributed by atoms with Gasteiger partial charge in [0.25, 0.3) is 0 Å². The Hall–Kier alpha value is -1.48. The third kappa shape index (κ3) is 2.02. The number of thiophene rings is 1. The molecule has 2 heterocycles. The Labute approximate surface area is 117 Å². The Morgan fingerprint density at radius 3 is 2.74 bits per heavy atom. The van der Waals surface area contributed by atoms with Gasteiger partial charge in [-0.2, -0.15) is 0 Å². The summed E-state index contributed by atoms with van der Waals surface area (Å²) in [5.74, 6) is 2.01. The van der Waals surface area contributed by atoms with Gasteiger partial charge in [0.2, 0.25) is 0 Å². The molecule has 0 aliphatic carbocycles. The molecule has 1 aromatic carbocycles. The second kappa shape index (κ2) is 4.27. The summed E-state index contributed by atoms with van der Waals surface area (Å²) in [4.78, 5) is 0. The Bertz CT molecular complexity index is 747. The van der Waals surface area contributed by atoms with E-state index in [9.17, 15) is 0 Å². The molecule has 0 saturated heterocycles. The molecule has 2 nitrogen and oxygen atoms in total. The van der Waals surface area contributed by atoms with Crippen molar-refractivity contribution >= 4 is 33.3 Å². The van der Waals surface area contributed by atoms with Gasteiger partial charge in [-0.25, -0.2) is 0 Å². The molecule has 1 aromatic heterocycles. The molecular weight excluding hydrogens is 256 g/mol. The van der Waals surface area contributed by atoms with Crippen LogP contribution in [0.4, 0.5) is 0 Å². The lowest BCUT2D eigenvalue weighted by atomic mass is 9.93. The lowest BCUT2D eigenvalue weighted by Gasteiger charge is -2.24. The zero-order valence-electron chi connectivity index (χ0n) is 11.7. The van der Waals surface area contributed by atoms with Gasteiger partial charge >= 0.3 is 0 Å². The third-order valence-corrected chi connectivity index (χ3v) is 4.52. The molecule has 0 unspecified atom stereocenters. The van der Waals surface area contributed by atoms with Crippen LogP contribution in [0.3, 0.4) is 0 Å². The van der Waals surface area contributed by atoms with Crippen LogP contribution in [-0.4, -0.2) is 13.7 Å². The number of ether oxygens (including phenoxy) is 2. The molecule has 3 heteroatoms. The fraction of sp³-hybridized carbons (Fsp3) is 0.375. The fourth-order valence-corrected chi connectivity index (χ4v) is 3.82. The second-order valence-electron chi connectivity index (χ2n) is 5.80. The minimum atomic E-state index is 0.0357. The quantitative estimate of drug-likeness (QED) is 0.796. The summed E-state index contributed by atoms with van der Waals surface area (Å²) in [6.45, 7) is 7.25. The van der Waals surface area contributed by atoms with E-state index in [1.165, 1.54) is 19.8 Å². The summed E-state index contributed by atoms with van der Waals surface area (Å²) in [7, 11) is 1.71. The van der Waals surface area contributed by atoms with Crippen molar-refractivity contribution in [3.8, 4) is 5.75 Å². The van der Waals surface area contributed by atoms with Gasteiger partial charge in [0, 0.05) is 20.7 Å². The van der Waals surface area contributed by atoms with Gasteiger partial charge in [-0.15, -0.1) is 11.3 Å². The third-order valence-electron chi connectivity index (χ3n) is 3.34. The van der Waals surface area contributed by atoms with E-state index in [0.717, 1.165) is 11.5 Å². The first-order chi connectivity index (χ1) is 9.00. The fourth-order valence-electron chi connectivity index (χ4n) is 2.43. The van der Waals surface area contributed by atoms with Crippen LogP contribution in [0.15, 0.2) is 18.2 Å². The molecule has 3 rings (SSSR count). The predicted molar refractivity (Wildman–Crippen MR) is 80.9 cm³/mol. The monoisotopic (exact) mass is 274 g/mol. The Morgan fingerprint density at radius 2 is 2.05 bits per heavy atom. The van der Waals surface area contributed by atoms with Crippen molar-refractivity contribution in [2.24, 2.45) is 5.41 Å². The van der Waals surface area contributed by atoms with Crippen LogP contribution in [-0.2, 0) is 4.74 Å². The van der Waals surface area contributed by atoms with Crippen molar-refractivity contribution in [1.29, 1.82) is 0 Å². The van der Waals surface area contributed by atoms with Gasteiger partial charge in [-0.3, -0.25) is 0 Å². The molecule has 0 bridgehead atoms. The summed E-state index contributed by atoms with van der Waals surface area (Å²) in [6.07, 6.45) is 2.17. The van der Waals surface area contributed by atoms with Crippen LogP contribution in [0.25, 0.3) is 21.9 Å². The van der Waals surface area contributed by atoms with Crippen LogP contribution in [0.5, 0.6) is 5.75 Å². The number of hydrogen-bond donors (Lipinski definition) is 0. The van der Waals surface area contributed by atoms with Crippen LogP contribution in [0, 0.1) is 5.41 Å². The molecule has 1 aliphatic rings. The molecule has 0 amide bonds. The maximum absolute atomic E-state index is 5.90. The Kier molecular flexibility index (Phi) is 2.82. The summed E-state index contributed by atoms with van der Waals surface area (Å²) >= 11 is 1.81. The number of benzene rings is 1. The van der Waals surface area contributed by atoms with Gasteiger partial charge in [-0.1, -0.05) is 20.8 Å². The van der Waals surface area contributed by atoms with E-state index < -0.39 is 0 Å². The number of rotatable bonds is 1. The van der Waals surface area contributed by atoms with Crippen molar-refractivity contribution in [3.05, 3.63) is 28.0 Å². The normalized spacial score (nSPS) is 14.8. The van der Waals surface area contributed by atoms with E-state index in [4.69, 9.17) is 9.47 Å². The first-order valence-corrected chi connectivity index (χ1v) is 7.26. The molecule has 0 saturated carbocycles. The second-order valence-corrected chi connectivity index (χ2v) is 6.85. The molecule has 2 aromatic rings. The van der Waals surface area contributed by atoms with Crippen molar-refractivity contribution in [2.75, 3.05) is 13.7 Å². The summed E-state index contributed by atoms with van der Waals surface area (Å²) < 4.78 is 13.8. The van der Waals surface area contributed by atoms with Gasteiger partial charge in [0.15, 0.2) is 0 Å². The molecule has 1 aliphatic heterocycles. The molecule has 0 N–H and O–H groups in total. The van der Waals surface area contributed by atoms with Gasteiger partial charge in [-0.05, 0) is 24.3 Å². The lowest BCUT2D eigenvalue weighted by molar-refractivity contribution is 0.257. The van der Waals surface area contributed by atoms with Gasteiger partial charge in [0.05, 0.1) is 11.6 Å². The van der Waals surface area contributed by atoms with Crippen molar-refractivity contribution < 1.29 is 9.47 Å².